The summed E-state index contributed by atoms with van der Waals surface area (Å²) in [5, 5.41) is 3.11. The van der Waals surface area contributed by atoms with Gasteiger partial charge in [-0.15, -0.1) is 11.3 Å². The first-order valence-electron chi connectivity index (χ1n) is 10.9. The molecule has 1 N–H and O–H groups in total. The molecule has 3 rings (SSSR count). The van der Waals surface area contributed by atoms with Crippen LogP contribution in [0.3, 0.4) is 0 Å². The second-order valence-electron chi connectivity index (χ2n) is 7.69. The minimum Gasteiger partial charge on any atom is -0.462 e. The summed E-state index contributed by atoms with van der Waals surface area (Å²) < 4.78 is 23.3. The van der Waals surface area contributed by atoms with Crippen LogP contribution in [-0.4, -0.2) is 36.3 Å². The molecule has 0 fully saturated rings. The van der Waals surface area contributed by atoms with Crippen molar-refractivity contribution in [1.82, 2.24) is 0 Å². The van der Waals surface area contributed by atoms with E-state index in [1.807, 2.05) is 0 Å². The van der Waals surface area contributed by atoms with E-state index >= 15 is 0 Å². The number of benzene rings is 1. The molecule has 1 aliphatic rings. The Morgan fingerprint density at radius 2 is 1.79 bits per heavy atom. The van der Waals surface area contributed by atoms with Gasteiger partial charge in [0, 0.05) is 16.9 Å². The van der Waals surface area contributed by atoms with E-state index in [4.69, 9.17) is 9.47 Å². The number of anilines is 1. The third-order valence-corrected chi connectivity index (χ3v) is 6.49. The van der Waals surface area contributed by atoms with Gasteiger partial charge in [-0.3, -0.25) is 14.4 Å². The minimum absolute atomic E-state index is 0.122. The second kappa shape index (κ2) is 11.2. The number of carbonyl (C=O) groups is 4. The summed E-state index contributed by atoms with van der Waals surface area (Å²) >= 11 is 1.35. The highest BCUT2D eigenvalue weighted by Crippen LogP contribution is 2.38. The standard InChI is InChI=1S/C24H26FNO6S/c1-3-31-24(30)21-17-6-4-5-7-19(17)33-23(21)26-22(29)14(2)32-20(28)13-12-18(27)15-8-10-16(25)11-9-15/h8-11,14H,3-7,12-13H2,1-2H3,(H,26,29)/t14-/m0/s1. The lowest BCUT2D eigenvalue weighted by Gasteiger charge is -2.14. The highest BCUT2D eigenvalue weighted by Gasteiger charge is 2.29. The van der Waals surface area contributed by atoms with Gasteiger partial charge < -0.3 is 14.8 Å². The number of ketones is 1. The molecule has 1 aromatic carbocycles. The number of fused-ring (bicyclic) bond motifs is 1. The first-order valence-corrected chi connectivity index (χ1v) is 11.7. The van der Waals surface area contributed by atoms with Gasteiger partial charge in [-0.05, 0) is 69.4 Å². The van der Waals surface area contributed by atoms with Gasteiger partial charge in [0.2, 0.25) is 0 Å². The lowest BCUT2D eigenvalue weighted by atomic mass is 9.95. The fraction of sp³-hybridized carbons (Fsp3) is 0.417. The number of hydrogen-bond acceptors (Lipinski definition) is 7. The van der Waals surface area contributed by atoms with Crippen LogP contribution in [0.5, 0.6) is 0 Å². The zero-order valence-electron chi connectivity index (χ0n) is 18.6. The van der Waals surface area contributed by atoms with Crippen molar-refractivity contribution in [1.29, 1.82) is 0 Å². The van der Waals surface area contributed by atoms with Crippen molar-refractivity contribution in [3.63, 3.8) is 0 Å². The molecule has 0 bridgehead atoms. The van der Waals surface area contributed by atoms with Gasteiger partial charge in [0.15, 0.2) is 11.9 Å². The molecule has 0 spiro atoms. The number of rotatable bonds is 9. The highest BCUT2D eigenvalue weighted by molar-refractivity contribution is 7.17. The number of carbonyl (C=O) groups excluding carboxylic acids is 4. The van der Waals surface area contributed by atoms with Gasteiger partial charge in [0.25, 0.3) is 5.91 Å². The van der Waals surface area contributed by atoms with Gasteiger partial charge in [0.05, 0.1) is 18.6 Å². The van der Waals surface area contributed by atoms with Gasteiger partial charge in [-0.2, -0.15) is 0 Å². The molecular formula is C24H26FNO6S. The molecule has 1 amide bonds. The molecule has 1 atom stereocenters. The van der Waals surface area contributed by atoms with Crippen molar-refractivity contribution in [3.05, 3.63) is 51.7 Å². The average Bonchev–Trinajstić information content (AvgIpc) is 3.15. The Labute approximate surface area is 195 Å². The van der Waals surface area contributed by atoms with E-state index in [0.717, 1.165) is 36.1 Å². The van der Waals surface area contributed by atoms with Crippen LogP contribution >= 0.6 is 11.3 Å². The molecule has 1 aliphatic carbocycles. The maximum atomic E-state index is 13.0. The fourth-order valence-electron chi connectivity index (χ4n) is 3.59. The number of Topliss-reactive ketones (excluding diaryl/α,β-unsaturated/α-hetero) is 1. The molecule has 1 heterocycles. The topological polar surface area (TPSA) is 98.8 Å². The van der Waals surface area contributed by atoms with E-state index in [1.165, 1.54) is 42.5 Å². The summed E-state index contributed by atoms with van der Waals surface area (Å²) in [7, 11) is 0. The number of esters is 2. The molecule has 0 radical (unpaired) electrons. The number of nitrogens with one attached hydrogen (secondary N) is 1. The Balaban J connectivity index is 1.58. The summed E-state index contributed by atoms with van der Waals surface area (Å²) in [6.45, 7) is 3.37. The van der Waals surface area contributed by atoms with Crippen molar-refractivity contribution in [3.8, 4) is 0 Å². The molecular weight excluding hydrogens is 449 g/mol. The zero-order valence-corrected chi connectivity index (χ0v) is 19.4. The van der Waals surface area contributed by atoms with E-state index in [1.54, 1.807) is 6.92 Å². The van der Waals surface area contributed by atoms with Crippen molar-refractivity contribution in [2.45, 2.75) is 58.5 Å². The Kier molecular flexibility index (Phi) is 8.32. The molecule has 9 heteroatoms. The number of amides is 1. The van der Waals surface area contributed by atoms with E-state index in [2.05, 4.69) is 5.32 Å². The zero-order chi connectivity index (χ0) is 24.0. The van der Waals surface area contributed by atoms with Crippen LogP contribution in [0.25, 0.3) is 0 Å². The van der Waals surface area contributed by atoms with Crippen LogP contribution in [0.2, 0.25) is 0 Å². The Morgan fingerprint density at radius 1 is 1.09 bits per heavy atom. The van der Waals surface area contributed by atoms with E-state index in [0.29, 0.717) is 16.1 Å². The molecule has 0 saturated heterocycles. The fourth-order valence-corrected chi connectivity index (χ4v) is 4.87. The van der Waals surface area contributed by atoms with Crippen LogP contribution in [0, 0.1) is 5.82 Å². The van der Waals surface area contributed by atoms with Crippen LogP contribution in [0.4, 0.5) is 9.39 Å². The van der Waals surface area contributed by atoms with Gasteiger partial charge >= 0.3 is 11.9 Å². The molecule has 33 heavy (non-hydrogen) atoms. The Hall–Kier alpha value is -3.07. The quantitative estimate of drug-likeness (QED) is 0.424. The third-order valence-electron chi connectivity index (χ3n) is 5.29. The van der Waals surface area contributed by atoms with E-state index < -0.39 is 29.8 Å². The van der Waals surface area contributed by atoms with Crippen molar-refractivity contribution >= 4 is 40.0 Å². The number of aryl methyl sites for hydroxylation is 1. The lowest BCUT2D eigenvalue weighted by molar-refractivity contribution is -0.153. The molecule has 176 valence electrons. The summed E-state index contributed by atoms with van der Waals surface area (Å²) in [6.07, 6.45) is 2.13. The third kappa shape index (κ3) is 6.25. The Morgan fingerprint density at radius 3 is 2.48 bits per heavy atom. The summed E-state index contributed by atoms with van der Waals surface area (Å²) in [5.74, 6) is -2.53. The maximum Gasteiger partial charge on any atom is 0.341 e. The first-order chi connectivity index (χ1) is 15.8. The SMILES string of the molecule is CCOC(=O)c1c(NC(=O)[C@H](C)OC(=O)CCC(=O)c2ccc(F)cc2)sc2c1CCCC2. The van der Waals surface area contributed by atoms with Crippen LogP contribution in [0.15, 0.2) is 24.3 Å². The number of hydrogen-bond donors (Lipinski definition) is 1. The minimum atomic E-state index is -1.12. The largest absolute Gasteiger partial charge is 0.462 e. The lowest BCUT2D eigenvalue weighted by Crippen LogP contribution is -2.30. The molecule has 0 aliphatic heterocycles. The second-order valence-corrected chi connectivity index (χ2v) is 8.79. The number of ether oxygens (including phenoxy) is 2. The van der Waals surface area contributed by atoms with Crippen molar-refractivity contribution < 1.29 is 33.0 Å². The molecule has 2 aromatic rings. The van der Waals surface area contributed by atoms with Crippen molar-refractivity contribution in [2.75, 3.05) is 11.9 Å². The van der Waals surface area contributed by atoms with E-state index in [-0.39, 0.29) is 25.2 Å². The normalized spacial score (nSPS) is 13.5. The highest BCUT2D eigenvalue weighted by atomic mass is 32.1. The monoisotopic (exact) mass is 475 g/mol. The molecule has 0 saturated carbocycles. The molecule has 1 aromatic heterocycles. The molecule has 0 unspecified atom stereocenters. The van der Waals surface area contributed by atoms with Gasteiger partial charge in [-0.25, -0.2) is 9.18 Å². The van der Waals surface area contributed by atoms with Crippen LogP contribution in [0.1, 0.15) is 70.7 Å². The van der Waals surface area contributed by atoms with Gasteiger partial charge in [-0.1, -0.05) is 0 Å². The predicted molar refractivity (Wildman–Crippen MR) is 121 cm³/mol. The average molecular weight is 476 g/mol. The number of thiophene rings is 1. The Bertz CT molecular complexity index is 1050. The summed E-state index contributed by atoms with van der Waals surface area (Å²) in [4.78, 5) is 50.5. The van der Waals surface area contributed by atoms with E-state index in [9.17, 15) is 23.6 Å². The number of halogens is 1. The van der Waals surface area contributed by atoms with Crippen LogP contribution < -0.4 is 5.32 Å². The summed E-state index contributed by atoms with van der Waals surface area (Å²) in [5.41, 5.74) is 1.60. The smallest absolute Gasteiger partial charge is 0.341 e. The van der Waals surface area contributed by atoms with Crippen LogP contribution in [-0.2, 0) is 31.9 Å². The van der Waals surface area contributed by atoms with Gasteiger partial charge in [0.1, 0.15) is 10.8 Å². The molecule has 7 nitrogen and oxygen atoms in total. The van der Waals surface area contributed by atoms with Crippen molar-refractivity contribution in [2.24, 2.45) is 0 Å². The predicted octanol–water partition coefficient (Wildman–Crippen LogP) is 4.48. The summed E-state index contributed by atoms with van der Waals surface area (Å²) in [6, 6.07) is 5.04. The first kappa shape index (κ1) is 24.6. The maximum absolute atomic E-state index is 13.0.